The molecule has 0 aromatic heterocycles. The minimum absolute atomic E-state index is 0.0231. The van der Waals surface area contributed by atoms with Gasteiger partial charge >= 0.3 is 0 Å². The number of ether oxygens (including phenoxy) is 1. The van der Waals surface area contributed by atoms with Gasteiger partial charge in [-0.05, 0) is 55.5 Å². The number of hydrogen-bond acceptors (Lipinski definition) is 3. The first-order valence-corrected chi connectivity index (χ1v) is 7.57. The summed E-state index contributed by atoms with van der Waals surface area (Å²) in [6.45, 7) is 7.76. The van der Waals surface area contributed by atoms with Crippen molar-refractivity contribution in [3.05, 3.63) is 22.7 Å². The van der Waals surface area contributed by atoms with E-state index in [9.17, 15) is 5.11 Å². The highest BCUT2D eigenvalue weighted by atomic mass is 35.5. The van der Waals surface area contributed by atoms with Crippen LogP contribution in [0.4, 0.5) is 0 Å². The fourth-order valence-corrected chi connectivity index (χ4v) is 3.00. The average Bonchev–Trinajstić information content (AvgIpc) is 2.55. The second kappa shape index (κ2) is 6.23. The van der Waals surface area contributed by atoms with Gasteiger partial charge < -0.3 is 9.84 Å². The quantitative estimate of drug-likeness (QED) is 0.913. The van der Waals surface area contributed by atoms with E-state index in [0.717, 1.165) is 25.2 Å². The maximum atomic E-state index is 9.77. The Kier molecular flexibility index (Phi) is 4.82. The molecule has 1 N–H and O–H groups in total. The summed E-state index contributed by atoms with van der Waals surface area (Å²) in [7, 11) is 1.55. The van der Waals surface area contributed by atoms with Crippen molar-refractivity contribution in [2.75, 3.05) is 20.2 Å². The lowest BCUT2D eigenvalue weighted by Gasteiger charge is -2.23. The van der Waals surface area contributed by atoms with Crippen LogP contribution in [-0.2, 0) is 6.54 Å². The van der Waals surface area contributed by atoms with E-state index in [0.29, 0.717) is 16.2 Å². The summed E-state index contributed by atoms with van der Waals surface area (Å²) in [6.07, 6.45) is 3.73. The fourth-order valence-electron chi connectivity index (χ4n) is 2.77. The zero-order chi connectivity index (χ0) is 14.8. The average molecular weight is 298 g/mol. The van der Waals surface area contributed by atoms with Crippen LogP contribution in [0, 0.1) is 5.41 Å². The molecule has 20 heavy (non-hydrogen) atoms. The molecular formula is C16H24ClNO2. The summed E-state index contributed by atoms with van der Waals surface area (Å²) in [5, 5.41) is 10.1. The molecule has 0 amide bonds. The van der Waals surface area contributed by atoms with E-state index in [4.69, 9.17) is 16.3 Å². The lowest BCUT2D eigenvalue weighted by molar-refractivity contribution is 0.255. The molecule has 2 rings (SSSR count). The number of benzene rings is 1. The van der Waals surface area contributed by atoms with Crippen molar-refractivity contribution in [1.29, 1.82) is 0 Å². The fraction of sp³-hybridized carbons (Fsp3) is 0.625. The maximum absolute atomic E-state index is 9.77. The molecule has 0 bridgehead atoms. The highest BCUT2D eigenvalue weighted by Crippen LogP contribution is 2.36. The first-order chi connectivity index (χ1) is 9.41. The predicted molar refractivity (Wildman–Crippen MR) is 82.6 cm³/mol. The molecule has 0 aliphatic carbocycles. The summed E-state index contributed by atoms with van der Waals surface area (Å²) in [6, 6.07) is 3.70. The van der Waals surface area contributed by atoms with Gasteiger partial charge in [-0.1, -0.05) is 25.4 Å². The maximum Gasteiger partial charge on any atom is 0.176 e. The molecule has 1 aromatic carbocycles. The highest BCUT2D eigenvalue weighted by Gasteiger charge is 2.23. The molecule has 112 valence electrons. The predicted octanol–water partition coefficient (Wildman–Crippen LogP) is 4.07. The summed E-state index contributed by atoms with van der Waals surface area (Å²) in [5.41, 5.74) is 1.53. The van der Waals surface area contributed by atoms with Crippen LogP contribution in [0.25, 0.3) is 0 Å². The number of phenols is 1. The topological polar surface area (TPSA) is 32.7 Å². The van der Waals surface area contributed by atoms with Crippen molar-refractivity contribution in [3.8, 4) is 11.5 Å². The van der Waals surface area contributed by atoms with Gasteiger partial charge in [0.05, 0.1) is 12.1 Å². The Labute approximate surface area is 126 Å². The van der Waals surface area contributed by atoms with Crippen molar-refractivity contribution < 1.29 is 9.84 Å². The van der Waals surface area contributed by atoms with E-state index >= 15 is 0 Å². The number of aromatic hydroxyl groups is 1. The van der Waals surface area contributed by atoms with Gasteiger partial charge in [0, 0.05) is 6.54 Å². The largest absolute Gasteiger partial charge is 0.503 e. The Morgan fingerprint density at radius 3 is 2.75 bits per heavy atom. The molecule has 1 saturated heterocycles. The van der Waals surface area contributed by atoms with Crippen LogP contribution in [0.5, 0.6) is 11.5 Å². The van der Waals surface area contributed by atoms with E-state index in [1.807, 2.05) is 12.1 Å². The van der Waals surface area contributed by atoms with E-state index in [2.05, 4.69) is 18.7 Å². The van der Waals surface area contributed by atoms with Crippen LogP contribution in [0.15, 0.2) is 12.1 Å². The minimum atomic E-state index is 0.0231. The van der Waals surface area contributed by atoms with Crippen LogP contribution in [-0.4, -0.2) is 30.2 Å². The van der Waals surface area contributed by atoms with Gasteiger partial charge in [-0.3, -0.25) is 4.90 Å². The van der Waals surface area contributed by atoms with Gasteiger partial charge in [-0.15, -0.1) is 0 Å². The lowest BCUT2D eigenvalue weighted by atomic mass is 9.85. The number of nitrogens with zero attached hydrogens (tertiary/aromatic N) is 1. The third-order valence-electron chi connectivity index (χ3n) is 4.15. The first kappa shape index (κ1) is 15.5. The number of phenolic OH excluding ortho intramolecular Hbond substituents is 1. The van der Waals surface area contributed by atoms with Crippen molar-refractivity contribution in [1.82, 2.24) is 4.90 Å². The van der Waals surface area contributed by atoms with Crippen LogP contribution >= 0.6 is 11.6 Å². The highest BCUT2D eigenvalue weighted by molar-refractivity contribution is 6.32. The molecule has 4 heteroatoms. The molecular weight excluding hydrogens is 274 g/mol. The summed E-state index contributed by atoms with van der Waals surface area (Å²) in [4.78, 5) is 2.46. The van der Waals surface area contributed by atoms with E-state index in [1.165, 1.54) is 19.3 Å². The smallest absolute Gasteiger partial charge is 0.176 e. The Hall–Kier alpha value is -0.930. The Balaban J connectivity index is 2.08. The molecule has 1 aliphatic heterocycles. The molecule has 1 aliphatic rings. The standard InChI is InChI=1S/C16H24ClNO2/c1-16(2)5-4-7-18(8-6-16)11-12-9-13(17)15(19)14(10-12)20-3/h9-10,19H,4-8,11H2,1-3H3. The molecule has 0 atom stereocenters. The van der Waals surface area contributed by atoms with E-state index in [1.54, 1.807) is 7.11 Å². The van der Waals surface area contributed by atoms with Gasteiger partial charge in [0.2, 0.25) is 0 Å². The van der Waals surface area contributed by atoms with E-state index in [-0.39, 0.29) is 5.75 Å². The molecule has 0 spiro atoms. The molecule has 1 heterocycles. The molecule has 1 fully saturated rings. The summed E-state index contributed by atoms with van der Waals surface area (Å²) >= 11 is 6.04. The molecule has 0 unspecified atom stereocenters. The number of hydrogen-bond donors (Lipinski definition) is 1. The SMILES string of the molecule is COc1cc(CN2CCCC(C)(C)CC2)cc(Cl)c1O. The second-order valence-electron chi connectivity index (χ2n) is 6.42. The number of methoxy groups -OCH3 is 1. The van der Waals surface area contributed by atoms with Gasteiger partial charge in [0.25, 0.3) is 0 Å². The first-order valence-electron chi connectivity index (χ1n) is 7.19. The molecule has 0 saturated carbocycles. The van der Waals surface area contributed by atoms with Crippen LogP contribution in [0.2, 0.25) is 5.02 Å². The van der Waals surface area contributed by atoms with Crippen molar-refractivity contribution >= 4 is 11.6 Å². The van der Waals surface area contributed by atoms with Crippen molar-refractivity contribution in [3.63, 3.8) is 0 Å². The van der Waals surface area contributed by atoms with Crippen molar-refractivity contribution in [2.24, 2.45) is 5.41 Å². The van der Waals surface area contributed by atoms with Gasteiger partial charge in [0.15, 0.2) is 11.5 Å². The van der Waals surface area contributed by atoms with Crippen LogP contribution in [0.1, 0.15) is 38.7 Å². The van der Waals surface area contributed by atoms with E-state index < -0.39 is 0 Å². The second-order valence-corrected chi connectivity index (χ2v) is 6.83. The van der Waals surface area contributed by atoms with Crippen LogP contribution < -0.4 is 4.74 Å². The van der Waals surface area contributed by atoms with Gasteiger partial charge in [-0.2, -0.15) is 0 Å². The zero-order valence-electron chi connectivity index (χ0n) is 12.6. The third-order valence-corrected chi connectivity index (χ3v) is 4.44. The summed E-state index contributed by atoms with van der Waals surface area (Å²) in [5.74, 6) is 0.470. The van der Waals surface area contributed by atoms with Crippen molar-refractivity contribution in [2.45, 2.75) is 39.7 Å². The van der Waals surface area contributed by atoms with Crippen LogP contribution in [0.3, 0.4) is 0 Å². The normalized spacial score (nSPS) is 19.6. The number of likely N-dealkylation sites (tertiary alicyclic amines) is 1. The summed E-state index contributed by atoms with van der Waals surface area (Å²) < 4.78 is 5.16. The number of halogens is 1. The molecule has 1 aromatic rings. The lowest BCUT2D eigenvalue weighted by Crippen LogP contribution is -2.25. The minimum Gasteiger partial charge on any atom is -0.503 e. The third kappa shape index (κ3) is 3.80. The Bertz CT molecular complexity index is 474. The Morgan fingerprint density at radius 1 is 1.30 bits per heavy atom. The monoisotopic (exact) mass is 297 g/mol. The molecule has 3 nitrogen and oxygen atoms in total. The number of rotatable bonds is 3. The Morgan fingerprint density at radius 2 is 2.05 bits per heavy atom. The van der Waals surface area contributed by atoms with Gasteiger partial charge in [0.1, 0.15) is 0 Å². The zero-order valence-corrected chi connectivity index (χ0v) is 13.3. The molecule has 0 radical (unpaired) electrons. The van der Waals surface area contributed by atoms with Gasteiger partial charge in [-0.25, -0.2) is 0 Å².